The number of rotatable bonds is 3. The largest absolute Gasteiger partial charge is 0.376 e. The second-order valence-corrected chi connectivity index (χ2v) is 6.63. The molecule has 0 saturated carbocycles. The van der Waals surface area contributed by atoms with Crippen molar-refractivity contribution in [3.63, 3.8) is 0 Å². The van der Waals surface area contributed by atoms with E-state index in [1.54, 1.807) is 0 Å². The number of carbonyl (C=O) groups is 1. The third-order valence-electron chi connectivity index (χ3n) is 4.34. The average molecular weight is 254 g/mol. The Balaban J connectivity index is 1.94. The maximum absolute atomic E-state index is 10.9. The van der Waals surface area contributed by atoms with Gasteiger partial charge < -0.3 is 15.4 Å². The summed E-state index contributed by atoms with van der Waals surface area (Å²) >= 11 is 0. The van der Waals surface area contributed by atoms with E-state index in [9.17, 15) is 4.79 Å². The summed E-state index contributed by atoms with van der Waals surface area (Å²) < 4.78 is 5.83. The molecule has 2 saturated heterocycles. The van der Waals surface area contributed by atoms with Gasteiger partial charge in [-0.3, -0.25) is 4.79 Å². The van der Waals surface area contributed by atoms with E-state index in [4.69, 9.17) is 10.5 Å². The van der Waals surface area contributed by atoms with Crippen molar-refractivity contribution in [2.45, 2.75) is 51.6 Å². The van der Waals surface area contributed by atoms with Crippen molar-refractivity contribution in [1.82, 2.24) is 4.90 Å². The van der Waals surface area contributed by atoms with E-state index in [1.807, 2.05) is 0 Å². The van der Waals surface area contributed by atoms with Gasteiger partial charge in [-0.2, -0.15) is 0 Å². The van der Waals surface area contributed by atoms with Gasteiger partial charge in [-0.25, -0.2) is 0 Å². The van der Waals surface area contributed by atoms with Crippen molar-refractivity contribution in [1.29, 1.82) is 0 Å². The molecule has 2 aliphatic heterocycles. The fourth-order valence-corrected chi connectivity index (χ4v) is 3.70. The van der Waals surface area contributed by atoms with Crippen LogP contribution in [0, 0.1) is 5.41 Å². The Morgan fingerprint density at radius 1 is 1.39 bits per heavy atom. The van der Waals surface area contributed by atoms with Crippen LogP contribution in [0.15, 0.2) is 0 Å². The molecule has 104 valence electrons. The second kappa shape index (κ2) is 5.17. The minimum atomic E-state index is -0.193. The Kier molecular flexibility index (Phi) is 3.97. The Morgan fingerprint density at radius 3 is 2.83 bits per heavy atom. The molecule has 18 heavy (non-hydrogen) atoms. The summed E-state index contributed by atoms with van der Waals surface area (Å²) in [6.07, 6.45) is 5.30. The minimum absolute atomic E-state index is 0.00491. The molecule has 2 fully saturated rings. The highest BCUT2D eigenvalue weighted by Crippen LogP contribution is 2.44. The van der Waals surface area contributed by atoms with Crippen LogP contribution < -0.4 is 5.73 Å². The number of carbonyl (C=O) groups excluding carboxylic acids is 1. The summed E-state index contributed by atoms with van der Waals surface area (Å²) in [6, 6.07) is 0. The summed E-state index contributed by atoms with van der Waals surface area (Å²) in [7, 11) is 0. The summed E-state index contributed by atoms with van der Waals surface area (Å²) in [5.41, 5.74) is 5.64. The van der Waals surface area contributed by atoms with E-state index in [-0.39, 0.29) is 11.5 Å². The molecule has 4 heteroatoms. The van der Waals surface area contributed by atoms with Crippen molar-refractivity contribution in [3.05, 3.63) is 0 Å². The van der Waals surface area contributed by atoms with Gasteiger partial charge in [0.1, 0.15) is 0 Å². The molecule has 1 unspecified atom stereocenters. The first kappa shape index (κ1) is 13.8. The van der Waals surface area contributed by atoms with E-state index < -0.39 is 0 Å². The molecule has 4 nitrogen and oxygen atoms in total. The molecule has 0 aromatic heterocycles. The fraction of sp³-hybridized carbons (Fsp3) is 0.929. The van der Waals surface area contributed by atoms with Gasteiger partial charge in [0.25, 0.3) is 0 Å². The third-order valence-corrected chi connectivity index (χ3v) is 4.34. The van der Waals surface area contributed by atoms with Crippen LogP contribution >= 0.6 is 0 Å². The van der Waals surface area contributed by atoms with Gasteiger partial charge in [0.2, 0.25) is 5.91 Å². The lowest BCUT2D eigenvalue weighted by atomic mass is 9.69. The highest BCUT2D eigenvalue weighted by Gasteiger charge is 2.43. The highest BCUT2D eigenvalue weighted by atomic mass is 16.5. The van der Waals surface area contributed by atoms with Crippen LogP contribution in [0.2, 0.25) is 0 Å². The Labute approximate surface area is 110 Å². The molecule has 1 spiro atoms. The Bertz CT molecular complexity index is 313. The lowest BCUT2D eigenvalue weighted by Gasteiger charge is -2.50. The zero-order valence-corrected chi connectivity index (χ0v) is 11.7. The standard InChI is InChI=1S/C14H26N2O2/c1-13(2)10-14(6-9-18-13)5-3-7-16(11-14)8-4-12(15)17/h3-11H2,1-2H3,(H2,15,17). The van der Waals surface area contributed by atoms with Crippen molar-refractivity contribution in [2.24, 2.45) is 11.1 Å². The zero-order chi connectivity index (χ0) is 13.2. The van der Waals surface area contributed by atoms with Crippen LogP contribution in [0.5, 0.6) is 0 Å². The van der Waals surface area contributed by atoms with Gasteiger partial charge in [0, 0.05) is 26.1 Å². The predicted molar refractivity (Wildman–Crippen MR) is 71.2 cm³/mol. The molecule has 2 heterocycles. The van der Waals surface area contributed by atoms with Crippen LogP contribution in [0.25, 0.3) is 0 Å². The molecule has 2 rings (SSSR count). The lowest BCUT2D eigenvalue weighted by Crippen LogP contribution is -2.51. The predicted octanol–water partition coefficient (Wildman–Crippen LogP) is 1.53. The first-order valence-corrected chi connectivity index (χ1v) is 7.06. The number of primary amides is 1. The van der Waals surface area contributed by atoms with Crippen LogP contribution in [0.3, 0.4) is 0 Å². The summed E-state index contributed by atoms with van der Waals surface area (Å²) in [4.78, 5) is 13.3. The number of nitrogens with two attached hydrogens (primary N) is 1. The topological polar surface area (TPSA) is 55.6 Å². The highest BCUT2D eigenvalue weighted by molar-refractivity contribution is 5.73. The number of ether oxygens (including phenoxy) is 1. The number of hydrogen-bond donors (Lipinski definition) is 1. The van der Waals surface area contributed by atoms with Crippen LogP contribution in [0.1, 0.15) is 46.0 Å². The number of likely N-dealkylation sites (tertiary alicyclic amines) is 1. The molecular formula is C14H26N2O2. The maximum Gasteiger partial charge on any atom is 0.218 e. The molecule has 0 aromatic rings. The maximum atomic E-state index is 10.9. The van der Waals surface area contributed by atoms with Crippen molar-refractivity contribution in [2.75, 3.05) is 26.2 Å². The first-order valence-electron chi connectivity index (χ1n) is 7.06. The number of hydrogen-bond acceptors (Lipinski definition) is 3. The van der Waals surface area contributed by atoms with Crippen molar-refractivity contribution >= 4 is 5.91 Å². The van der Waals surface area contributed by atoms with Crippen molar-refractivity contribution < 1.29 is 9.53 Å². The van der Waals surface area contributed by atoms with Crippen molar-refractivity contribution in [3.8, 4) is 0 Å². The van der Waals surface area contributed by atoms with Gasteiger partial charge in [-0.05, 0) is 51.5 Å². The van der Waals surface area contributed by atoms with Gasteiger partial charge in [-0.1, -0.05) is 0 Å². The van der Waals surface area contributed by atoms with Crippen LogP contribution in [-0.4, -0.2) is 42.6 Å². The summed E-state index contributed by atoms with van der Waals surface area (Å²) in [6.45, 7) is 8.28. The average Bonchev–Trinajstić information content (AvgIpc) is 2.25. The summed E-state index contributed by atoms with van der Waals surface area (Å²) in [5.74, 6) is -0.193. The molecular weight excluding hydrogens is 228 g/mol. The number of nitrogens with zero attached hydrogens (tertiary/aromatic N) is 1. The van der Waals surface area contributed by atoms with E-state index in [1.165, 1.54) is 12.8 Å². The smallest absolute Gasteiger partial charge is 0.218 e. The molecule has 1 amide bonds. The Hall–Kier alpha value is -0.610. The first-order chi connectivity index (χ1) is 8.41. The summed E-state index contributed by atoms with van der Waals surface area (Å²) in [5, 5.41) is 0. The van der Waals surface area contributed by atoms with Crippen LogP contribution in [-0.2, 0) is 9.53 Å². The van der Waals surface area contributed by atoms with E-state index >= 15 is 0 Å². The lowest BCUT2D eigenvalue weighted by molar-refractivity contribution is -0.125. The normalized spacial score (nSPS) is 32.6. The molecule has 1 atom stereocenters. The van der Waals surface area contributed by atoms with E-state index in [0.717, 1.165) is 39.1 Å². The van der Waals surface area contributed by atoms with E-state index in [0.29, 0.717) is 11.8 Å². The minimum Gasteiger partial charge on any atom is -0.376 e. The zero-order valence-electron chi connectivity index (χ0n) is 11.7. The molecule has 0 bridgehead atoms. The SMILES string of the molecule is CC1(C)CC2(CCCN(CCC(N)=O)C2)CCO1. The number of piperidine rings is 1. The molecule has 2 N–H and O–H groups in total. The monoisotopic (exact) mass is 254 g/mol. The quantitative estimate of drug-likeness (QED) is 0.831. The fourth-order valence-electron chi connectivity index (χ4n) is 3.70. The van der Waals surface area contributed by atoms with Gasteiger partial charge in [-0.15, -0.1) is 0 Å². The second-order valence-electron chi connectivity index (χ2n) is 6.63. The molecule has 2 aliphatic rings. The Morgan fingerprint density at radius 2 is 2.17 bits per heavy atom. The van der Waals surface area contributed by atoms with Gasteiger partial charge in [0.05, 0.1) is 5.60 Å². The van der Waals surface area contributed by atoms with Gasteiger partial charge in [0.15, 0.2) is 0 Å². The molecule has 0 aliphatic carbocycles. The van der Waals surface area contributed by atoms with Crippen LogP contribution in [0.4, 0.5) is 0 Å². The third kappa shape index (κ3) is 3.45. The number of amides is 1. The molecule has 0 aromatic carbocycles. The van der Waals surface area contributed by atoms with E-state index in [2.05, 4.69) is 18.7 Å². The van der Waals surface area contributed by atoms with Gasteiger partial charge >= 0.3 is 0 Å². The molecule has 0 radical (unpaired) electrons.